The van der Waals surface area contributed by atoms with E-state index in [1.807, 2.05) is 0 Å². The van der Waals surface area contributed by atoms with E-state index in [-0.39, 0.29) is 10.8 Å². The highest BCUT2D eigenvalue weighted by molar-refractivity contribution is 6.28. The largest absolute Gasteiger partial charge is 0.367 e. The Morgan fingerprint density at radius 1 is 1.50 bits per heavy atom. The number of hydrogen-bond acceptors (Lipinski definition) is 4. The second-order valence-corrected chi connectivity index (χ2v) is 4.23. The lowest BCUT2D eigenvalue weighted by Gasteiger charge is -2.14. The summed E-state index contributed by atoms with van der Waals surface area (Å²) in [5, 5.41) is 3.31. The highest BCUT2D eigenvalue weighted by Crippen LogP contribution is 2.23. The molecule has 0 spiro atoms. The van der Waals surface area contributed by atoms with E-state index in [4.69, 9.17) is 17.3 Å². The molecule has 1 aliphatic carbocycles. The van der Waals surface area contributed by atoms with Gasteiger partial charge >= 0.3 is 0 Å². The summed E-state index contributed by atoms with van der Waals surface area (Å²) in [7, 11) is 0. The number of carbonyl (C=O) groups excluding carboxylic acids is 1. The Balaban J connectivity index is 2.22. The molecule has 1 aliphatic rings. The first kappa shape index (κ1) is 11.1. The number of hydrogen-bond donors (Lipinski definition) is 2. The molecule has 3 N–H and O–H groups in total. The smallest absolute Gasteiger partial charge is 0.254 e. The van der Waals surface area contributed by atoms with E-state index in [1.165, 1.54) is 19.0 Å². The Bertz CT molecular complexity index is 404. The van der Waals surface area contributed by atoms with Crippen molar-refractivity contribution in [1.82, 2.24) is 9.97 Å². The molecule has 0 atom stereocenters. The number of anilines is 1. The molecule has 2 rings (SSSR count). The van der Waals surface area contributed by atoms with E-state index in [2.05, 4.69) is 15.3 Å². The van der Waals surface area contributed by atoms with Gasteiger partial charge in [-0.2, -0.15) is 4.98 Å². The van der Waals surface area contributed by atoms with Gasteiger partial charge < -0.3 is 11.1 Å². The minimum absolute atomic E-state index is 0.116. The molecule has 1 heterocycles. The molecule has 0 unspecified atom stereocenters. The average Bonchev–Trinajstić information content (AvgIpc) is 2.70. The van der Waals surface area contributed by atoms with Gasteiger partial charge in [0.05, 0.1) is 5.56 Å². The van der Waals surface area contributed by atoms with Gasteiger partial charge in [0.25, 0.3) is 5.91 Å². The summed E-state index contributed by atoms with van der Waals surface area (Å²) >= 11 is 5.69. The van der Waals surface area contributed by atoms with E-state index < -0.39 is 5.91 Å². The SMILES string of the molecule is NC(=O)c1cnc(Cl)nc1NC1CCCC1. The lowest BCUT2D eigenvalue weighted by Crippen LogP contribution is -2.21. The third-order valence-electron chi connectivity index (χ3n) is 2.72. The van der Waals surface area contributed by atoms with Crippen LogP contribution in [0.4, 0.5) is 5.82 Å². The number of halogens is 1. The number of nitrogens with two attached hydrogens (primary N) is 1. The Morgan fingerprint density at radius 3 is 2.81 bits per heavy atom. The number of nitrogens with zero attached hydrogens (tertiary/aromatic N) is 2. The summed E-state index contributed by atoms with van der Waals surface area (Å²) in [5.74, 6) is -0.100. The van der Waals surface area contributed by atoms with Crippen molar-refractivity contribution < 1.29 is 4.79 Å². The van der Waals surface area contributed by atoms with Crippen molar-refractivity contribution in [3.8, 4) is 0 Å². The summed E-state index contributed by atoms with van der Waals surface area (Å²) in [6.07, 6.45) is 5.92. The van der Waals surface area contributed by atoms with Crippen molar-refractivity contribution in [2.24, 2.45) is 5.73 Å². The van der Waals surface area contributed by atoms with Crippen LogP contribution in [0.1, 0.15) is 36.0 Å². The lowest BCUT2D eigenvalue weighted by atomic mass is 10.2. The summed E-state index contributed by atoms with van der Waals surface area (Å²) < 4.78 is 0. The number of carbonyl (C=O) groups is 1. The first-order valence-corrected chi connectivity index (χ1v) is 5.63. The molecular weight excluding hydrogens is 228 g/mol. The first-order chi connectivity index (χ1) is 7.66. The molecule has 1 saturated carbocycles. The van der Waals surface area contributed by atoms with Crippen molar-refractivity contribution in [3.05, 3.63) is 17.0 Å². The Morgan fingerprint density at radius 2 is 2.19 bits per heavy atom. The molecule has 1 amide bonds. The average molecular weight is 241 g/mol. The van der Waals surface area contributed by atoms with Crippen LogP contribution in [0.3, 0.4) is 0 Å². The molecule has 1 fully saturated rings. The summed E-state index contributed by atoms with van der Waals surface area (Å²) in [6, 6.07) is 0.351. The van der Waals surface area contributed by atoms with Gasteiger partial charge in [-0.25, -0.2) is 4.98 Å². The topological polar surface area (TPSA) is 80.9 Å². The predicted octanol–water partition coefficient (Wildman–Crippen LogP) is 1.58. The standard InChI is InChI=1S/C10H13ClN4O/c11-10-13-5-7(8(12)16)9(15-10)14-6-3-1-2-4-6/h5-6H,1-4H2,(H2,12,16)(H,13,14,15). The molecule has 1 aromatic heterocycles. The van der Waals surface area contributed by atoms with E-state index >= 15 is 0 Å². The molecule has 0 radical (unpaired) electrons. The number of amides is 1. The van der Waals surface area contributed by atoms with Gasteiger partial charge in [0.1, 0.15) is 5.82 Å². The van der Waals surface area contributed by atoms with Gasteiger partial charge in [-0.3, -0.25) is 4.79 Å². The van der Waals surface area contributed by atoms with Crippen molar-refractivity contribution >= 4 is 23.3 Å². The van der Waals surface area contributed by atoms with Crippen LogP contribution in [0.25, 0.3) is 0 Å². The van der Waals surface area contributed by atoms with E-state index in [0.29, 0.717) is 11.9 Å². The summed E-state index contributed by atoms with van der Waals surface area (Å²) in [5.41, 5.74) is 5.53. The van der Waals surface area contributed by atoms with E-state index in [9.17, 15) is 4.79 Å². The molecule has 0 saturated heterocycles. The van der Waals surface area contributed by atoms with Gasteiger partial charge in [-0.15, -0.1) is 0 Å². The maximum atomic E-state index is 11.2. The molecule has 86 valence electrons. The van der Waals surface area contributed by atoms with Crippen LogP contribution >= 0.6 is 11.6 Å². The van der Waals surface area contributed by atoms with Gasteiger partial charge in [-0.1, -0.05) is 12.8 Å². The van der Waals surface area contributed by atoms with Crippen LogP contribution in [0.2, 0.25) is 5.28 Å². The van der Waals surface area contributed by atoms with Gasteiger partial charge in [0.15, 0.2) is 0 Å². The number of primary amides is 1. The van der Waals surface area contributed by atoms with Gasteiger partial charge in [0, 0.05) is 12.2 Å². The van der Waals surface area contributed by atoms with Crippen LogP contribution in [-0.4, -0.2) is 21.9 Å². The fourth-order valence-corrected chi connectivity index (χ4v) is 2.05. The van der Waals surface area contributed by atoms with E-state index in [1.54, 1.807) is 0 Å². The number of aromatic nitrogens is 2. The van der Waals surface area contributed by atoms with Crippen LogP contribution in [-0.2, 0) is 0 Å². The van der Waals surface area contributed by atoms with Crippen molar-refractivity contribution in [2.45, 2.75) is 31.7 Å². The zero-order valence-electron chi connectivity index (χ0n) is 8.74. The third-order valence-corrected chi connectivity index (χ3v) is 2.90. The fraction of sp³-hybridized carbons (Fsp3) is 0.500. The second-order valence-electron chi connectivity index (χ2n) is 3.89. The maximum absolute atomic E-state index is 11.2. The normalized spacial score (nSPS) is 16.3. The monoisotopic (exact) mass is 240 g/mol. The zero-order chi connectivity index (χ0) is 11.5. The van der Waals surface area contributed by atoms with Gasteiger partial charge in [-0.05, 0) is 24.4 Å². The Hall–Kier alpha value is -1.36. The number of nitrogens with one attached hydrogen (secondary N) is 1. The first-order valence-electron chi connectivity index (χ1n) is 5.25. The lowest BCUT2D eigenvalue weighted by molar-refractivity contribution is 0.100. The minimum Gasteiger partial charge on any atom is -0.367 e. The van der Waals surface area contributed by atoms with Crippen molar-refractivity contribution in [1.29, 1.82) is 0 Å². The summed E-state index contributed by atoms with van der Waals surface area (Å²) in [6.45, 7) is 0. The minimum atomic E-state index is -0.544. The molecule has 16 heavy (non-hydrogen) atoms. The molecule has 0 aromatic carbocycles. The van der Waals surface area contributed by atoms with Gasteiger partial charge in [0.2, 0.25) is 5.28 Å². The highest BCUT2D eigenvalue weighted by atomic mass is 35.5. The fourth-order valence-electron chi connectivity index (χ4n) is 1.91. The Kier molecular flexibility index (Phi) is 3.24. The maximum Gasteiger partial charge on any atom is 0.254 e. The molecule has 5 nitrogen and oxygen atoms in total. The molecule has 6 heteroatoms. The zero-order valence-corrected chi connectivity index (χ0v) is 9.50. The van der Waals surface area contributed by atoms with Crippen molar-refractivity contribution in [2.75, 3.05) is 5.32 Å². The summed E-state index contributed by atoms with van der Waals surface area (Å²) in [4.78, 5) is 18.9. The molecule has 1 aromatic rings. The molecule has 0 bridgehead atoms. The molecular formula is C10H13ClN4O. The molecule has 0 aliphatic heterocycles. The van der Waals surface area contributed by atoms with Crippen LogP contribution in [0.5, 0.6) is 0 Å². The van der Waals surface area contributed by atoms with E-state index in [0.717, 1.165) is 12.8 Å². The number of rotatable bonds is 3. The third kappa shape index (κ3) is 2.41. The predicted molar refractivity (Wildman–Crippen MR) is 61.4 cm³/mol. The van der Waals surface area contributed by atoms with Crippen LogP contribution in [0.15, 0.2) is 6.20 Å². The Labute approximate surface area is 98.4 Å². The quantitative estimate of drug-likeness (QED) is 0.786. The van der Waals surface area contributed by atoms with Crippen LogP contribution < -0.4 is 11.1 Å². The second kappa shape index (κ2) is 4.65. The van der Waals surface area contributed by atoms with Crippen LogP contribution in [0, 0.1) is 0 Å². The highest BCUT2D eigenvalue weighted by Gasteiger charge is 2.18. The van der Waals surface area contributed by atoms with Crippen molar-refractivity contribution in [3.63, 3.8) is 0 Å².